The number of aliphatic hydroxyl groups excluding tert-OH is 2. The molecule has 0 spiro atoms. The van der Waals surface area contributed by atoms with E-state index in [1.54, 1.807) is 7.11 Å². The van der Waals surface area contributed by atoms with Gasteiger partial charge in [0.15, 0.2) is 0 Å². The van der Waals surface area contributed by atoms with E-state index in [2.05, 4.69) is 21.9 Å². The molecule has 2 aliphatic rings. The van der Waals surface area contributed by atoms with Crippen LogP contribution in [0, 0.1) is 0 Å². The zero-order valence-corrected chi connectivity index (χ0v) is 19.1. The summed E-state index contributed by atoms with van der Waals surface area (Å²) in [5.41, 5.74) is 3.17. The SMILES string of the molecule is COc1ccc(N2CCN(CCC3(c4ccccc4)C(O)c4ccccc4C3O)CC2)cc1. The Morgan fingerprint density at radius 1 is 0.788 bits per heavy atom. The fourth-order valence-electron chi connectivity index (χ4n) is 5.56. The van der Waals surface area contributed by atoms with Crippen molar-refractivity contribution in [2.45, 2.75) is 24.0 Å². The van der Waals surface area contributed by atoms with Crippen LogP contribution in [0.3, 0.4) is 0 Å². The number of rotatable bonds is 6. The number of methoxy groups -OCH3 is 1. The normalized spacial score (nSPS) is 25.1. The Morgan fingerprint density at radius 2 is 1.36 bits per heavy atom. The molecule has 2 N–H and O–H groups in total. The molecule has 33 heavy (non-hydrogen) atoms. The number of fused-ring (bicyclic) bond motifs is 1. The number of anilines is 1. The van der Waals surface area contributed by atoms with Crippen LogP contribution in [0.4, 0.5) is 5.69 Å². The van der Waals surface area contributed by atoms with Crippen molar-refractivity contribution in [3.05, 3.63) is 95.6 Å². The molecule has 0 saturated carbocycles. The van der Waals surface area contributed by atoms with Gasteiger partial charge in [-0.3, -0.25) is 4.90 Å². The van der Waals surface area contributed by atoms with E-state index in [0.717, 1.165) is 55.2 Å². The Labute approximate surface area is 195 Å². The van der Waals surface area contributed by atoms with Gasteiger partial charge in [-0.05, 0) is 53.9 Å². The number of piperazine rings is 1. The van der Waals surface area contributed by atoms with Crippen molar-refractivity contribution in [3.8, 4) is 5.75 Å². The van der Waals surface area contributed by atoms with Crippen LogP contribution in [0.15, 0.2) is 78.9 Å². The summed E-state index contributed by atoms with van der Waals surface area (Å²) in [6.07, 6.45) is -0.769. The summed E-state index contributed by atoms with van der Waals surface area (Å²) in [6.45, 7) is 4.64. The Kier molecular flexibility index (Phi) is 6.11. The van der Waals surface area contributed by atoms with Gasteiger partial charge in [0.05, 0.1) is 24.7 Å². The first-order chi connectivity index (χ1) is 16.1. The Balaban J connectivity index is 1.31. The van der Waals surface area contributed by atoms with E-state index >= 15 is 0 Å². The second-order valence-corrected chi connectivity index (χ2v) is 9.12. The van der Waals surface area contributed by atoms with E-state index < -0.39 is 17.6 Å². The summed E-state index contributed by atoms with van der Waals surface area (Å²) in [5.74, 6) is 0.873. The predicted octanol–water partition coefficient (Wildman–Crippen LogP) is 3.93. The van der Waals surface area contributed by atoms with Gasteiger partial charge in [-0.1, -0.05) is 54.6 Å². The van der Waals surface area contributed by atoms with Gasteiger partial charge < -0.3 is 19.8 Å². The van der Waals surface area contributed by atoms with E-state index in [0.29, 0.717) is 6.42 Å². The molecular weight excluding hydrogens is 412 g/mol. The van der Waals surface area contributed by atoms with Crippen molar-refractivity contribution in [2.75, 3.05) is 44.7 Å². The molecule has 1 aliphatic heterocycles. The monoisotopic (exact) mass is 444 g/mol. The smallest absolute Gasteiger partial charge is 0.119 e. The van der Waals surface area contributed by atoms with Gasteiger partial charge in [0.2, 0.25) is 0 Å². The first-order valence-electron chi connectivity index (χ1n) is 11.8. The molecule has 1 heterocycles. The number of aliphatic hydroxyl groups is 2. The third kappa shape index (κ3) is 3.90. The minimum Gasteiger partial charge on any atom is -0.497 e. The average molecular weight is 445 g/mol. The van der Waals surface area contributed by atoms with E-state index in [1.807, 2.05) is 66.7 Å². The molecule has 1 fully saturated rings. The zero-order valence-electron chi connectivity index (χ0n) is 19.1. The lowest BCUT2D eigenvalue weighted by molar-refractivity contribution is -0.00757. The van der Waals surface area contributed by atoms with Crippen molar-refractivity contribution in [1.82, 2.24) is 4.90 Å². The number of benzene rings is 3. The lowest BCUT2D eigenvalue weighted by Gasteiger charge is -2.41. The maximum absolute atomic E-state index is 11.5. The van der Waals surface area contributed by atoms with Crippen LogP contribution in [0.1, 0.15) is 35.3 Å². The standard InChI is InChI=1S/C28H32N2O3/c1-33-23-13-11-22(12-14-23)30-19-17-29(18-20-30)16-15-28(21-7-3-2-4-8-21)26(31)24-9-5-6-10-25(24)27(28)32/h2-14,26-27,31-32H,15-20H2,1H3. The van der Waals surface area contributed by atoms with Gasteiger partial charge >= 0.3 is 0 Å². The summed E-state index contributed by atoms with van der Waals surface area (Å²) in [6, 6.07) is 26.1. The van der Waals surface area contributed by atoms with Crippen molar-refractivity contribution >= 4 is 5.69 Å². The highest BCUT2D eigenvalue weighted by Gasteiger charge is 2.53. The predicted molar refractivity (Wildman–Crippen MR) is 131 cm³/mol. The highest BCUT2D eigenvalue weighted by atomic mass is 16.5. The summed E-state index contributed by atoms with van der Waals surface area (Å²) < 4.78 is 5.27. The van der Waals surface area contributed by atoms with Crippen LogP contribution >= 0.6 is 0 Å². The molecule has 1 aliphatic carbocycles. The van der Waals surface area contributed by atoms with Gasteiger partial charge in [0.25, 0.3) is 0 Å². The van der Waals surface area contributed by atoms with Crippen molar-refractivity contribution in [1.29, 1.82) is 0 Å². The molecule has 2 atom stereocenters. The quantitative estimate of drug-likeness (QED) is 0.604. The third-order valence-corrected chi connectivity index (χ3v) is 7.52. The van der Waals surface area contributed by atoms with Crippen LogP contribution in [-0.4, -0.2) is 54.9 Å². The van der Waals surface area contributed by atoms with Crippen molar-refractivity contribution < 1.29 is 14.9 Å². The lowest BCUT2D eigenvalue weighted by atomic mass is 9.71. The number of ether oxygens (including phenoxy) is 1. The Morgan fingerprint density at radius 3 is 1.94 bits per heavy atom. The summed E-state index contributed by atoms with van der Waals surface area (Å²) >= 11 is 0. The fourth-order valence-corrected chi connectivity index (χ4v) is 5.56. The third-order valence-electron chi connectivity index (χ3n) is 7.52. The van der Waals surface area contributed by atoms with Crippen molar-refractivity contribution in [3.63, 3.8) is 0 Å². The minimum absolute atomic E-state index is 0.691. The molecule has 3 aromatic rings. The van der Waals surface area contributed by atoms with Crippen molar-refractivity contribution in [2.24, 2.45) is 0 Å². The first-order valence-corrected chi connectivity index (χ1v) is 11.8. The molecule has 5 nitrogen and oxygen atoms in total. The second kappa shape index (κ2) is 9.18. The molecule has 172 valence electrons. The van der Waals surface area contributed by atoms with Crippen LogP contribution in [-0.2, 0) is 5.41 Å². The van der Waals surface area contributed by atoms with Crippen LogP contribution in [0.5, 0.6) is 5.75 Å². The maximum atomic E-state index is 11.5. The van der Waals surface area contributed by atoms with E-state index in [1.165, 1.54) is 5.69 Å². The minimum atomic E-state index is -0.738. The second-order valence-electron chi connectivity index (χ2n) is 9.12. The largest absolute Gasteiger partial charge is 0.497 e. The first kappa shape index (κ1) is 22.0. The van der Waals surface area contributed by atoms with E-state index in [4.69, 9.17) is 4.74 Å². The Hall–Kier alpha value is -2.86. The van der Waals surface area contributed by atoms with Gasteiger partial charge in [-0.2, -0.15) is 0 Å². The average Bonchev–Trinajstić information content (AvgIpc) is 3.11. The molecule has 5 rings (SSSR count). The van der Waals surface area contributed by atoms with E-state index in [9.17, 15) is 10.2 Å². The van der Waals surface area contributed by atoms with Crippen LogP contribution in [0.25, 0.3) is 0 Å². The molecule has 0 aromatic heterocycles. The van der Waals surface area contributed by atoms with Crippen LogP contribution < -0.4 is 9.64 Å². The number of hydrogen-bond acceptors (Lipinski definition) is 5. The zero-order chi connectivity index (χ0) is 22.8. The molecular formula is C28H32N2O3. The van der Waals surface area contributed by atoms with Gasteiger partial charge in [0.1, 0.15) is 5.75 Å². The van der Waals surface area contributed by atoms with Gasteiger partial charge in [-0.25, -0.2) is 0 Å². The van der Waals surface area contributed by atoms with Gasteiger partial charge in [-0.15, -0.1) is 0 Å². The molecule has 1 saturated heterocycles. The molecule has 2 unspecified atom stereocenters. The van der Waals surface area contributed by atoms with Crippen LogP contribution in [0.2, 0.25) is 0 Å². The van der Waals surface area contributed by atoms with E-state index in [-0.39, 0.29) is 0 Å². The fraction of sp³-hybridized carbons (Fsp3) is 0.357. The van der Waals surface area contributed by atoms with Gasteiger partial charge in [0, 0.05) is 31.9 Å². The summed E-state index contributed by atoms with van der Waals surface area (Å²) in [4.78, 5) is 4.85. The summed E-state index contributed by atoms with van der Waals surface area (Å²) in [7, 11) is 1.69. The highest BCUT2D eigenvalue weighted by molar-refractivity contribution is 5.50. The molecule has 0 radical (unpaired) electrons. The highest BCUT2D eigenvalue weighted by Crippen LogP contribution is 2.56. The lowest BCUT2D eigenvalue weighted by Crippen LogP contribution is -2.48. The topological polar surface area (TPSA) is 56.2 Å². The number of nitrogens with zero attached hydrogens (tertiary/aromatic N) is 2. The summed E-state index contributed by atoms with van der Waals surface area (Å²) in [5, 5.41) is 23.0. The maximum Gasteiger partial charge on any atom is 0.119 e. The molecule has 0 amide bonds. The Bertz CT molecular complexity index is 1030. The molecule has 5 heteroatoms. The number of hydrogen-bond donors (Lipinski definition) is 2. The molecule has 3 aromatic carbocycles. The molecule has 0 bridgehead atoms.